The van der Waals surface area contributed by atoms with Crippen molar-refractivity contribution in [1.29, 1.82) is 0 Å². The van der Waals surface area contributed by atoms with Crippen LogP contribution in [0.25, 0.3) is 0 Å². The zero-order chi connectivity index (χ0) is 12.6. The van der Waals surface area contributed by atoms with E-state index < -0.39 is 0 Å². The van der Waals surface area contributed by atoms with Crippen molar-refractivity contribution in [1.82, 2.24) is 5.32 Å². The molecule has 0 radical (unpaired) electrons. The molecule has 1 heterocycles. The fourth-order valence-electron chi connectivity index (χ4n) is 2.65. The predicted octanol–water partition coefficient (Wildman–Crippen LogP) is 1.88. The van der Waals surface area contributed by atoms with E-state index in [1.54, 1.807) is 0 Å². The molecule has 2 rings (SSSR count). The Labute approximate surface area is 109 Å². The Bertz CT molecular complexity index is 245. The minimum absolute atomic E-state index is 0.0734. The molecule has 1 N–H and O–H groups in total. The molecular formula is C14H25NO3. The largest absolute Gasteiger partial charge is 0.381 e. The smallest absolute Gasteiger partial charge is 0.225 e. The van der Waals surface area contributed by atoms with Crippen LogP contribution in [0.3, 0.4) is 0 Å². The van der Waals surface area contributed by atoms with Crippen LogP contribution in [-0.4, -0.2) is 38.4 Å². The number of hydrogen-bond donors (Lipinski definition) is 1. The van der Waals surface area contributed by atoms with Crippen molar-refractivity contribution in [3.05, 3.63) is 0 Å². The van der Waals surface area contributed by atoms with Crippen LogP contribution in [0, 0.1) is 5.92 Å². The lowest BCUT2D eigenvalue weighted by Crippen LogP contribution is -2.32. The summed E-state index contributed by atoms with van der Waals surface area (Å²) in [6.07, 6.45) is 8.65. The summed E-state index contributed by atoms with van der Waals surface area (Å²) in [7, 11) is 0. The van der Waals surface area contributed by atoms with Gasteiger partial charge in [0.25, 0.3) is 0 Å². The molecule has 4 nitrogen and oxygen atoms in total. The van der Waals surface area contributed by atoms with Gasteiger partial charge in [0.1, 0.15) is 0 Å². The highest BCUT2D eigenvalue weighted by atomic mass is 16.5. The molecule has 0 aromatic carbocycles. The van der Waals surface area contributed by atoms with Crippen molar-refractivity contribution >= 4 is 5.91 Å². The van der Waals surface area contributed by atoms with Crippen molar-refractivity contribution in [3.8, 4) is 0 Å². The van der Waals surface area contributed by atoms with Gasteiger partial charge in [-0.2, -0.15) is 0 Å². The van der Waals surface area contributed by atoms with Crippen LogP contribution < -0.4 is 5.32 Å². The highest BCUT2D eigenvalue weighted by Gasteiger charge is 2.22. The average molecular weight is 255 g/mol. The summed E-state index contributed by atoms with van der Waals surface area (Å²) in [4.78, 5) is 11.7. The second-order valence-electron chi connectivity index (χ2n) is 5.34. The number of nitrogens with one attached hydrogen (secondary N) is 1. The number of carbonyl (C=O) groups is 1. The van der Waals surface area contributed by atoms with Gasteiger partial charge in [-0.25, -0.2) is 0 Å². The first kappa shape index (κ1) is 13.8. The molecule has 1 amide bonds. The number of ether oxygens (including phenoxy) is 2. The van der Waals surface area contributed by atoms with Crippen LogP contribution in [0.2, 0.25) is 0 Å². The molecule has 0 aromatic rings. The second kappa shape index (κ2) is 7.74. The Balaban J connectivity index is 1.46. The molecule has 4 heteroatoms. The summed E-state index contributed by atoms with van der Waals surface area (Å²) in [5.41, 5.74) is 0. The molecule has 2 aliphatic rings. The van der Waals surface area contributed by atoms with E-state index in [1.807, 2.05) is 0 Å². The molecule has 0 bridgehead atoms. The van der Waals surface area contributed by atoms with E-state index >= 15 is 0 Å². The van der Waals surface area contributed by atoms with Crippen molar-refractivity contribution in [2.75, 3.05) is 26.4 Å². The summed E-state index contributed by atoms with van der Waals surface area (Å²) in [5, 5.41) is 2.96. The fourth-order valence-corrected chi connectivity index (χ4v) is 2.65. The Morgan fingerprint density at radius 2 is 2.06 bits per heavy atom. The van der Waals surface area contributed by atoms with Gasteiger partial charge in [0, 0.05) is 19.8 Å². The van der Waals surface area contributed by atoms with Crippen molar-refractivity contribution < 1.29 is 14.3 Å². The fraction of sp³-hybridized carbons (Fsp3) is 0.929. The maximum atomic E-state index is 11.7. The summed E-state index contributed by atoms with van der Waals surface area (Å²) in [5.74, 6) is 0.217. The van der Waals surface area contributed by atoms with E-state index in [0.29, 0.717) is 12.7 Å². The molecule has 2 fully saturated rings. The molecule has 104 valence electrons. The third-order valence-electron chi connectivity index (χ3n) is 3.83. The normalized spacial score (nSPS) is 25.2. The van der Waals surface area contributed by atoms with Crippen molar-refractivity contribution in [2.24, 2.45) is 5.92 Å². The average Bonchev–Trinajstić information content (AvgIpc) is 2.93. The second-order valence-corrected chi connectivity index (χ2v) is 5.34. The van der Waals surface area contributed by atoms with Crippen molar-refractivity contribution in [2.45, 2.75) is 51.0 Å². The van der Waals surface area contributed by atoms with E-state index in [-0.39, 0.29) is 11.8 Å². The van der Waals surface area contributed by atoms with E-state index in [0.717, 1.165) is 32.6 Å². The topological polar surface area (TPSA) is 47.6 Å². The minimum atomic E-state index is 0.0734. The lowest BCUT2D eigenvalue weighted by Gasteiger charge is -2.22. The lowest BCUT2D eigenvalue weighted by molar-refractivity contribution is -0.125. The van der Waals surface area contributed by atoms with E-state index in [4.69, 9.17) is 9.47 Å². The quantitative estimate of drug-likeness (QED) is 0.737. The summed E-state index contributed by atoms with van der Waals surface area (Å²) >= 11 is 0. The first-order valence-corrected chi connectivity index (χ1v) is 7.33. The van der Waals surface area contributed by atoms with Gasteiger partial charge >= 0.3 is 0 Å². The van der Waals surface area contributed by atoms with Gasteiger partial charge in [-0.15, -0.1) is 0 Å². The molecule has 0 unspecified atom stereocenters. The van der Waals surface area contributed by atoms with E-state index in [2.05, 4.69) is 5.32 Å². The van der Waals surface area contributed by atoms with Gasteiger partial charge in [0.2, 0.25) is 5.91 Å². The standard InChI is InChI=1S/C14H25NO3/c16-14(12-7-10-17-11-12)15-8-4-9-18-13-5-2-1-3-6-13/h12-13H,1-11H2,(H,15,16)/t12-/m0/s1. The molecule has 0 spiro atoms. The van der Waals surface area contributed by atoms with Gasteiger partial charge in [0.15, 0.2) is 0 Å². The number of hydrogen-bond acceptors (Lipinski definition) is 3. The zero-order valence-electron chi connectivity index (χ0n) is 11.2. The number of carbonyl (C=O) groups excluding carboxylic acids is 1. The van der Waals surface area contributed by atoms with Gasteiger partial charge in [-0.05, 0) is 25.7 Å². The highest BCUT2D eigenvalue weighted by Crippen LogP contribution is 2.20. The Morgan fingerprint density at radius 3 is 2.78 bits per heavy atom. The highest BCUT2D eigenvalue weighted by molar-refractivity contribution is 5.78. The Hall–Kier alpha value is -0.610. The van der Waals surface area contributed by atoms with Crippen LogP contribution in [-0.2, 0) is 14.3 Å². The maximum Gasteiger partial charge on any atom is 0.225 e. The molecule has 0 aromatic heterocycles. The van der Waals surface area contributed by atoms with Crippen molar-refractivity contribution in [3.63, 3.8) is 0 Å². The molecule has 1 aliphatic heterocycles. The molecule has 1 saturated carbocycles. The van der Waals surface area contributed by atoms with Crippen LogP contribution in [0.4, 0.5) is 0 Å². The van der Waals surface area contributed by atoms with E-state index in [1.165, 1.54) is 32.1 Å². The lowest BCUT2D eigenvalue weighted by atomic mass is 9.98. The van der Waals surface area contributed by atoms with Gasteiger partial charge in [0.05, 0.1) is 18.6 Å². The Morgan fingerprint density at radius 1 is 1.22 bits per heavy atom. The molecule has 1 saturated heterocycles. The summed E-state index contributed by atoms with van der Waals surface area (Å²) < 4.78 is 11.0. The van der Waals surface area contributed by atoms with Crippen LogP contribution in [0.5, 0.6) is 0 Å². The van der Waals surface area contributed by atoms with Crippen LogP contribution in [0.15, 0.2) is 0 Å². The van der Waals surface area contributed by atoms with Gasteiger partial charge in [-0.1, -0.05) is 19.3 Å². The number of amides is 1. The van der Waals surface area contributed by atoms with Gasteiger partial charge in [-0.3, -0.25) is 4.79 Å². The number of rotatable bonds is 6. The monoisotopic (exact) mass is 255 g/mol. The van der Waals surface area contributed by atoms with Crippen LogP contribution in [0.1, 0.15) is 44.9 Å². The molecule has 18 heavy (non-hydrogen) atoms. The van der Waals surface area contributed by atoms with Gasteiger partial charge < -0.3 is 14.8 Å². The molecular weight excluding hydrogens is 230 g/mol. The first-order valence-electron chi connectivity index (χ1n) is 7.33. The van der Waals surface area contributed by atoms with Crippen LogP contribution >= 0.6 is 0 Å². The van der Waals surface area contributed by atoms with E-state index in [9.17, 15) is 4.79 Å². The maximum absolute atomic E-state index is 11.7. The zero-order valence-corrected chi connectivity index (χ0v) is 11.2. The molecule has 1 aliphatic carbocycles. The molecule has 1 atom stereocenters. The minimum Gasteiger partial charge on any atom is -0.381 e. The first-order chi connectivity index (χ1) is 8.86. The third-order valence-corrected chi connectivity index (χ3v) is 3.83. The summed E-state index contributed by atoms with van der Waals surface area (Å²) in [6.45, 7) is 2.81. The summed E-state index contributed by atoms with van der Waals surface area (Å²) in [6, 6.07) is 0. The predicted molar refractivity (Wildman–Crippen MR) is 69.4 cm³/mol. The Kier molecular flexibility index (Phi) is 5.94. The third kappa shape index (κ3) is 4.58. The SMILES string of the molecule is O=C(NCCCOC1CCCCC1)[C@H]1CCOC1.